The zero-order valence-corrected chi connectivity index (χ0v) is 18.4. The van der Waals surface area contributed by atoms with Gasteiger partial charge in [0.15, 0.2) is 5.69 Å². The SMILES string of the molecule is Cc1[nH]n(-c2ccc3c(c2)CCCC3)c(=O)c1N=Nc1cccc(-c2ccc(C(=O)O)o2)c1[O-]. The molecule has 172 valence electrons. The number of nitrogens with zero attached hydrogens (tertiary/aromatic N) is 3. The number of carbonyl (C=O) groups is 1. The Hall–Kier alpha value is -4.40. The second kappa shape index (κ2) is 8.51. The van der Waals surface area contributed by atoms with Crippen molar-refractivity contribution in [2.45, 2.75) is 32.6 Å². The number of furan rings is 1. The fourth-order valence-corrected chi connectivity index (χ4v) is 4.20. The molecule has 1 aliphatic rings. The summed E-state index contributed by atoms with van der Waals surface area (Å²) in [4.78, 5) is 24.1. The Balaban J connectivity index is 1.47. The molecule has 5 rings (SSSR count). The predicted molar refractivity (Wildman–Crippen MR) is 122 cm³/mol. The fraction of sp³-hybridized carbons (Fsp3) is 0.200. The Kier molecular flexibility index (Phi) is 5.37. The van der Waals surface area contributed by atoms with Crippen molar-refractivity contribution in [1.82, 2.24) is 9.78 Å². The van der Waals surface area contributed by atoms with E-state index in [1.807, 2.05) is 12.1 Å². The minimum atomic E-state index is -1.23. The first-order valence-corrected chi connectivity index (χ1v) is 10.9. The molecule has 2 heterocycles. The molecule has 0 fully saturated rings. The molecule has 4 aromatic rings. The van der Waals surface area contributed by atoms with Crippen molar-refractivity contribution < 1.29 is 19.4 Å². The van der Waals surface area contributed by atoms with Gasteiger partial charge in [-0.3, -0.25) is 9.89 Å². The lowest BCUT2D eigenvalue weighted by Gasteiger charge is -2.16. The molecule has 0 unspecified atom stereocenters. The number of aromatic nitrogens is 2. The number of carboxylic acid groups (broad SMARTS) is 1. The third kappa shape index (κ3) is 3.81. The van der Waals surface area contributed by atoms with Crippen molar-refractivity contribution in [3.8, 4) is 22.8 Å². The highest BCUT2D eigenvalue weighted by atomic mass is 16.4. The summed E-state index contributed by atoms with van der Waals surface area (Å²) in [5.74, 6) is -1.87. The maximum atomic E-state index is 13.0. The number of para-hydroxylation sites is 1. The number of nitrogens with one attached hydrogen (secondary N) is 1. The molecule has 0 saturated heterocycles. The van der Waals surface area contributed by atoms with Gasteiger partial charge in [0.2, 0.25) is 5.76 Å². The summed E-state index contributed by atoms with van der Waals surface area (Å²) in [5, 5.41) is 33.0. The van der Waals surface area contributed by atoms with Gasteiger partial charge in [-0.05, 0) is 74.1 Å². The monoisotopic (exact) mass is 457 g/mol. The number of hydrogen-bond donors (Lipinski definition) is 2. The van der Waals surface area contributed by atoms with Gasteiger partial charge in [0.25, 0.3) is 5.56 Å². The zero-order valence-electron chi connectivity index (χ0n) is 18.4. The van der Waals surface area contributed by atoms with Crippen molar-refractivity contribution in [2.75, 3.05) is 0 Å². The van der Waals surface area contributed by atoms with E-state index >= 15 is 0 Å². The summed E-state index contributed by atoms with van der Waals surface area (Å²) in [6.45, 7) is 1.72. The Bertz CT molecular complexity index is 1490. The van der Waals surface area contributed by atoms with Crippen LogP contribution in [0.25, 0.3) is 17.0 Å². The Morgan fingerprint density at radius 2 is 1.88 bits per heavy atom. The molecule has 2 aromatic heterocycles. The molecular formula is C25H21N4O5-. The van der Waals surface area contributed by atoms with E-state index < -0.39 is 11.7 Å². The summed E-state index contributed by atoms with van der Waals surface area (Å²) in [7, 11) is 0. The Morgan fingerprint density at radius 3 is 2.65 bits per heavy atom. The minimum Gasteiger partial charge on any atom is -0.870 e. The van der Waals surface area contributed by atoms with Gasteiger partial charge >= 0.3 is 5.97 Å². The quantitative estimate of drug-likeness (QED) is 0.415. The molecule has 0 spiro atoms. The Morgan fingerprint density at radius 1 is 1.09 bits per heavy atom. The molecule has 0 atom stereocenters. The van der Waals surface area contributed by atoms with Crippen molar-refractivity contribution in [3.63, 3.8) is 0 Å². The molecule has 2 aromatic carbocycles. The van der Waals surface area contributed by atoms with Crippen LogP contribution in [0.5, 0.6) is 5.75 Å². The van der Waals surface area contributed by atoms with Gasteiger partial charge in [-0.25, -0.2) is 9.48 Å². The van der Waals surface area contributed by atoms with Crippen LogP contribution in [0.15, 0.2) is 68.0 Å². The molecule has 0 radical (unpaired) electrons. The fourth-order valence-electron chi connectivity index (χ4n) is 4.20. The van der Waals surface area contributed by atoms with Gasteiger partial charge in [-0.15, -0.1) is 5.11 Å². The van der Waals surface area contributed by atoms with Crippen LogP contribution in [0.4, 0.5) is 11.4 Å². The number of rotatable bonds is 5. The molecule has 0 bridgehead atoms. The zero-order chi connectivity index (χ0) is 23.8. The van der Waals surface area contributed by atoms with E-state index in [4.69, 9.17) is 9.52 Å². The standard InChI is InChI=1S/C25H22N4O5/c1-14-22(24(31)29(28-14)17-10-9-15-5-2-3-6-16(15)13-17)27-26-19-8-4-7-18(23(19)30)20-11-12-21(34-20)25(32)33/h4,7-13,28,30H,2-3,5-6H2,1H3,(H,32,33)/p-1. The van der Waals surface area contributed by atoms with Crippen molar-refractivity contribution in [1.29, 1.82) is 0 Å². The number of carboxylic acids is 1. The molecule has 9 nitrogen and oxygen atoms in total. The molecule has 1 aliphatic carbocycles. The van der Waals surface area contributed by atoms with Gasteiger partial charge in [-0.2, -0.15) is 5.11 Å². The van der Waals surface area contributed by atoms with Gasteiger partial charge < -0.3 is 14.6 Å². The summed E-state index contributed by atoms with van der Waals surface area (Å²) >= 11 is 0. The number of hydrogen-bond acceptors (Lipinski definition) is 6. The summed E-state index contributed by atoms with van der Waals surface area (Å²) in [6.07, 6.45) is 4.37. The van der Waals surface area contributed by atoms with Crippen LogP contribution in [0.1, 0.15) is 40.2 Å². The van der Waals surface area contributed by atoms with E-state index in [0.29, 0.717) is 5.69 Å². The number of aromatic amines is 1. The number of H-pyrrole nitrogens is 1. The number of aryl methyl sites for hydroxylation is 3. The average Bonchev–Trinajstić information content (AvgIpc) is 3.43. The topological polar surface area (TPSA) is 136 Å². The van der Waals surface area contributed by atoms with E-state index in [-0.39, 0.29) is 34.0 Å². The minimum absolute atomic E-state index is 0.00565. The third-order valence-electron chi connectivity index (χ3n) is 5.96. The number of fused-ring (bicyclic) bond motifs is 1. The molecular weight excluding hydrogens is 436 g/mol. The van der Waals surface area contributed by atoms with Crippen molar-refractivity contribution in [2.24, 2.45) is 10.2 Å². The van der Waals surface area contributed by atoms with E-state index in [1.54, 1.807) is 13.0 Å². The van der Waals surface area contributed by atoms with Crippen LogP contribution in [0.2, 0.25) is 0 Å². The van der Waals surface area contributed by atoms with Crippen LogP contribution in [0, 0.1) is 6.92 Å². The van der Waals surface area contributed by atoms with Crippen LogP contribution >= 0.6 is 0 Å². The highest BCUT2D eigenvalue weighted by molar-refractivity contribution is 5.85. The van der Waals surface area contributed by atoms with Crippen LogP contribution in [-0.4, -0.2) is 20.9 Å². The van der Waals surface area contributed by atoms with Gasteiger partial charge in [0, 0.05) is 5.56 Å². The maximum Gasteiger partial charge on any atom is 0.371 e. The van der Waals surface area contributed by atoms with Gasteiger partial charge in [-0.1, -0.05) is 23.9 Å². The van der Waals surface area contributed by atoms with Gasteiger partial charge in [0.05, 0.1) is 17.1 Å². The predicted octanol–water partition coefficient (Wildman–Crippen LogP) is 4.80. The number of aromatic carboxylic acids is 1. The third-order valence-corrected chi connectivity index (χ3v) is 5.96. The second-order valence-electron chi connectivity index (χ2n) is 8.21. The normalized spacial score (nSPS) is 13.3. The highest BCUT2D eigenvalue weighted by Crippen LogP contribution is 2.36. The number of azo groups is 1. The molecule has 0 amide bonds. The van der Waals surface area contributed by atoms with E-state index in [0.717, 1.165) is 24.9 Å². The Labute approximate surface area is 194 Å². The lowest BCUT2D eigenvalue weighted by Crippen LogP contribution is -2.15. The average molecular weight is 457 g/mol. The highest BCUT2D eigenvalue weighted by Gasteiger charge is 2.16. The number of benzene rings is 2. The molecule has 0 saturated carbocycles. The van der Waals surface area contributed by atoms with Crippen molar-refractivity contribution >= 4 is 17.3 Å². The summed E-state index contributed by atoms with van der Waals surface area (Å²) in [6, 6.07) is 13.3. The lowest BCUT2D eigenvalue weighted by molar-refractivity contribution is -0.266. The maximum absolute atomic E-state index is 13.0. The molecule has 34 heavy (non-hydrogen) atoms. The van der Waals surface area contributed by atoms with E-state index in [9.17, 15) is 14.7 Å². The summed E-state index contributed by atoms with van der Waals surface area (Å²) in [5.41, 5.74) is 3.73. The first-order chi connectivity index (χ1) is 16.4. The molecule has 0 aliphatic heterocycles. The van der Waals surface area contributed by atoms with E-state index in [2.05, 4.69) is 21.4 Å². The lowest BCUT2D eigenvalue weighted by atomic mass is 9.91. The molecule has 9 heteroatoms. The first-order valence-electron chi connectivity index (χ1n) is 10.9. The molecule has 2 N–H and O–H groups in total. The van der Waals surface area contributed by atoms with Crippen molar-refractivity contribution in [3.05, 3.63) is 81.5 Å². The smallest absolute Gasteiger partial charge is 0.371 e. The van der Waals surface area contributed by atoms with Crippen LogP contribution < -0.4 is 10.7 Å². The summed E-state index contributed by atoms with van der Waals surface area (Å²) < 4.78 is 6.66. The largest absolute Gasteiger partial charge is 0.870 e. The second-order valence-corrected chi connectivity index (χ2v) is 8.21. The van der Waals surface area contributed by atoms with E-state index in [1.165, 1.54) is 46.5 Å². The van der Waals surface area contributed by atoms with Gasteiger partial charge in [0.1, 0.15) is 5.76 Å². The van der Waals surface area contributed by atoms with Crippen LogP contribution in [0.3, 0.4) is 0 Å². The first kappa shape index (κ1) is 21.4. The van der Waals surface area contributed by atoms with Crippen LogP contribution in [-0.2, 0) is 12.8 Å².